The molecule has 0 saturated heterocycles. The highest BCUT2D eigenvalue weighted by molar-refractivity contribution is 7.89. The minimum atomic E-state index is -3.50. The summed E-state index contributed by atoms with van der Waals surface area (Å²) in [6.45, 7) is 0. The Morgan fingerprint density at radius 2 is 1.83 bits per heavy atom. The zero-order valence-electron chi connectivity index (χ0n) is 13.0. The van der Waals surface area contributed by atoms with Gasteiger partial charge >= 0.3 is 0 Å². The lowest BCUT2D eigenvalue weighted by Gasteiger charge is -2.06. The summed E-state index contributed by atoms with van der Waals surface area (Å²) < 4.78 is 26.8. The Morgan fingerprint density at radius 1 is 1.12 bits per heavy atom. The van der Waals surface area contributed by atoms with Crippen LogP contribution in [0.1, 0.15) is 47.7 Å². The molecule has 0 bridgehead atoms. The second-order valence-electron chi connectivity index (χ2n) is 6.36. The smallest absolute Gasteiger partial charge is 0.256 e. The van der Waals surface area contributed by atoms with Crippen LogP contribution >= 0.6 is 0 Å². The molecular formula is C16H18N4O3S. The van der Waals surface area contributed by atoms with Gasteiger partial charge in [-0.15, -0.1) is 0 Å². The topological polar surface area (TPSA) is 104 Å². The minimum absolute atomic E-state index is 0.0540. The summed E-state index contributed by atoms with van der Waals surface area (Å²) in [5.41, 5.74) is 1.43. The normalized spacial score (nSPS) is 17.7. The molecule has 7 nitrogen and oxygen atoms in total. The zero-order chi connectivity index (χ0) is 16.7. The number of carbonyl (C=O) groups is 1. The van der Waals surface area contributed by atoms with Gasteiger partial charge in [0.1, 0.15) is 0 Å². The Bertz CT molecular complexity index is 865. The molecule has 0 aliphatic heterocycles. The van der Waals surface area contributed by atoms with Crippen LogP contribution in [0.5, 0.6) is 0 Å². The number of aromatic amines is 1. The van der Waals surface area contributed by atoms with Crippen LogP contribution in [0.4, 0.5) is 5.82 Å². The molecule has 2 fully saturated rings. The third-order valence-corrected chi connectivity index (χ3v) is 5.72. The number of nitrogens with zero attached hydrogens (tertiary/aromatic N) is 1. The monoisotopic (exact) mass is 346 g/mol. The zero-order valence-corrected chi connectivity index (χ0v) is 13.8. The second kappa shape index (κ2) is 5.71. The molecule has 1 aromatic carbocycles. The Balaban J connectivity index is 1.44. The first-order valence-electron chi connectivity index (χ1n) is 8.00. The van der Waals surface area contributed by atoms with E-state index in [0.717, 1.165) is 31.4 Å². The largest absolute Gasteiger partial charge is 0.305 e. The van der Waals surface area contributed by atoms with E-state index in [-0.39, 0.29) is 16.8 Å². The van der Waals surface area contributed by atoms with Crippen molar-refractivity contribution in [2.45, 2.75) is 42.5 Å². The molecule has 0 spiro atoms. The van der Waals surface area contributed by atoms with Gasteiger partial charge in [-0.3, -0.25) is 9.89 Å². The molecule has 2 aliphatic rings. The Kier molecular flexibility index (Phi) is 3.65. The van der Waals surface area contributed by atoms with Gasteiger partial charge in [-0.2, -0.15) is 5.10 Å². The van der Waals surface area contributed by atoms with Crippen LogP contribution in [-0.2, 0) is 10.0 Å². The molecule has 2 saturated carbocycles. The third-order valence-electron chi connectivity index (χ3n) is 4.18. The van der Waals surface area contributed by atoms with Crippen molar-refractivity contribution in [3.8, 4) is 0 Å². The average Bonchev–Trinajstić information content (AvgIpc) is 3.49. The number of benzene rings is 1. The maximum Gasteiger partial charge on any atom is 0.256 e. The van der Waals surface area contributed by atoms with Gasteiger partial charge in [0.2, 0.25) is 10.0 Å². The Hall–Kier alpha value is -2.19. The molecule has 0 atom stereocenters. The maximum absolute atomic E-state index is 12.2. The van der Waals surface area contributed by atoms with Crippen LogP contribution in [0.2, 0.25) is 0 Å². The predicted octanol–water partition coefficient (Wildman–Crippen LogP) is 1.98. The number of carbonyl (C=O) groups excluding carboxylic acids is 1. The van der Waals surface area contributed by atoms with Crippen molar-refractivity contribution in [2.75, 3.05) is 5.32 Å². The average molecular weight is 346 g/mol. The standard InChI is InChI=1S/C16H18N4O3S/c21-16(17-15-9-14(18-19-15)10-1-2-10)11-3-7-13(8-4-11)24(22,23)20-12-5-6-12/h3-4,7-10,12,20H,1-2,5-6H2,(H2,17,18,19,21). The first-order valence-corrected chi connectivity index (χ1v) is 9.49. The molecule has 0 radical (unpaired) electrons. The molecule has 8 heteroatoms. The number of amides is 1. The summed E-state index contributed by atoms with van der Waals surface area (Å²) in [4.78, 5) is 12.4. The van der Waals surface area contributed by atoms with E-state index in [4.69, 9.17) is 0 Å². The molecule has 2 aromatic rings. The van der Waals surface area contributed by atoms with Crippen molar-refractivity contribution >= 4 is 21.7 Å². The predicted molar refractivity (Wildman–Crippen MR) is 88.3 cm³/mol. The number of rotatable bonds is 6. The van der Waals surface area contributed by atoms with Crippen molar-refractivity contribution in [1.82, 2.24) is 14.9 Å². The SMILES string of the molecule is O=C(Nc1cc(C2CC2)[nH]n1)c1ccc(S(=O)(=O)NC2CC2)cc1. The summed E-state index contributed by atoms with van der Waals surface area (Å²) in [6.07, 6.45) is 4.07. The number of sulfonamides is 1. The van der Waals surface area contributed by atoms with Gasteiger partial charge in [0.05, 0.1) is 4.90 Å². The summed E-state index contributed by atoms with van der Waals surface area (Å²) >= 11 is 0. The van der Waals surface area contributed by atoms with E-state index >= 15 is 0 Å². The van der Waals surface area contributed by atoms with Crippen LogP contribution in [-0.4, -0.2) is 30.6 Å². The van der Waals surface area contributed by atoms with Crippen LogP contribution in [0.15, 0.2) is 35.2 Å². The van der Waals surface area contributed by atoms with Crippen LogP contribution in [0.3, 0.4) is 0 Å². The summed E-state index contributed by atoms with van der Waals surface area (Å²) in [6, 6.07) is 7.79. The van der Waals surface area contributed by atoms with E-state index in [1.165, 1.54) is 24.3 Å². The number of aromatic nitrogens is 2. The van der Waals surface area contributed by atoms with Gasteiger partial charge < -0.3 is 5.32 Å². The molecule has 4 rings (SSSR count). The lowest BCUT2D eigenvalue weighted by molar-refractivity contribution is 0.102. The molecule has 3 N–H and O–H groups in total. The quantitative estimate of drug-likeness (QED) is 0.744. The van der Waals surface area contributed by atoms with E-state index in [1.54, 1.807) is 0 Å². The lowest BCUT2D eigenvalue weighted by Crippen LogP contribution is -2.25. The Morgan fingerprint density at radius 3 is 2.46 bits per heavy atom. The first kappa shape index (κ1) is 15.3. The number of anilines is 1. The Labute approximate surface area is 139 Å². The van der Waals surface area contributed by atoms with Crippen molar-refractivity contribution in [3.05, 3.63) is 41.6 Å². The van der Waals surface area contributed by atoms with E-state index in [9.17, 15) is 13.2 Å². The van der Waals surface area contributed by atoms with Crippen molar-refractivity contribution in [2.24, 2.45) is 0 Å². The number of nitrogens with one attached hydrogen (secondary N) is 3. The van der Waals surface area contributed by atoms with Crippen molar-refractivity contribution < 1.29 is 13.2 Å². The molecular weight excluding hydrogens is 328 g/mol. The van der Waals surface area contributed by atoms with Gasteiger partial charge in [-0.1, -0.05) is 0 Å². The molecule has 1 aromatic heterocycles. The molecule has 1 heterocycles. The lowest BCUT2D eigenvalue weighted by atomic mass is 10.2. The van der Waals surface area contributed by atoms with Crippen molar-refractivity contribution in [3.63, 3.8) is 0 Å². The first-order chi connectivity index (χ1) is 11.5. The minimum Gasteiger partial charge on any atom is -0.305 e. The highest BCUT2D eigenvalue weighted by atomic mass is 32.2. The fourth-order valence-corrected chi connectivity index (χ4v) is 3.77. The third kappa shape index (κ3) is 3.34. The fraction of sp³-hybridized carbons (Fsp3) is 0.375. The summed E-state index contributed by atoms with van der Waals surface area (Å²) in [5, 5.41) is 9.72. The second-order valence-corrected chi connectivity index (χ2v) is 8.07. The highest BCUT2D eigenvalue weighted by Crippen LogP contribution is 2.39. The molecule has 0 unspecified atom stereocenters. The molecule has 24 heavy (non-hydrogen) atoms. The van der Waals surface area contributed by atoms with E-state index in [0.29, 0.717) is 17.3 Å². The molecule has 126 valence electrons. The van der Waals surface area contributed by atoms with Crippen LogP contribution in [0.25, 0.3) is 0 Å². The molecule has 2 aliphatic carbocycles. The highest BCUT2D eigenvalue weighted by Gasteiger charge is 2.28. The summed E-state index contributed by atoms with van der Waals surface area (Å²) in [7, 11) is -3.50. The number of hydrogen-bond donors (Lipinski definition) is 3. The van der Waals surface area contributed by atoms with E-state index in [2.05, 4.69) is 20.2 Å². The van der Waals surface area contributed by atoms with E-state index < -0.39 is 10.0 Å². The molecule has 1 amide bonds. The van der Waals surface area contributed by atoms with E-state index in [1.807, 2.05) is 6.07 Å². The van der Waals surface area contributed by atoms with Gasteiger partial charge in [-0.05, 0) is 49.9 Å². The number of hydrogen-bond acceptors (Lipinski definition) is 4. The van der Waals surface area contributed by atoms with Crippen LogP contribution in [0, 0.1) is 0 Å². The van der Waals surface area contributed by atoms with Gasteiger partial charge in [-0.25, -0.2) is 13.1 Å². The number of H-pyrrole nitrogens is 1. The van der Waals surface area contributed by atoms with Crippen molar-refractivity contribution in [1.29, 1.82) is 0 Å². The van der Waals surface area contributed by atoms with Gasteiger partial charge in [0, 0.05) is 29.3 Å². The maximum atomic E-state index is 12.2. The van der Waals surface area contributed by atoms with Crippen LogP contribution < -0.4 is 10.0 Å². The van der Waals surface area contributed by atoms with Gasteiger partial charge in [0.25, 0.3) is 5.91 Å². The fourth-order valence-electron chi connectivity index (χ4n) is 2.47. The summed E-state index contributed by atoms with van der Waals surface area (Å²) in [5.74, 6) is 0.698. The van der Waals surface area contributed by atoms with Gasteiger partial charge in [0.15, 0.2) is 5.82 Å².